The van der Waals surface area contributed by atoms with Crippen molar-refractivity contribution in [3.05, 3.63) is 77.6 Å². The Balaban J connectivity index is 1.70. The number of benzene rings is 2. The van der Waals surface area contributed by atoms with Crippen LogP contribution in [-0.4, -0.2) is 24.5 Å². The molecular weight excluding hydrogens is 338 g/mol. The maximum Gasteiger partial charge on any atom is 0.258 e. The highest BCUT2D eigenvalue weighted by Gasteiger charge is 2.28. The van der Waals surface area contributed by atoms with Crippen molar-refractivity contribution in [3.63, 3.8) is 0 Å². The van der Waals surface area contributed by atoms with E-state index in [2.05, 4.69) is 11.1 Å². The van der Waals surface area contributed by atoms with Crippen molar-refractivity contribution in [2.45, 2.75) is 6.42 Å². The molecule has 132 valence electrons. The highest BCUT2D eigenvalue weighted by molar-refractivity contribution is 6.08. The summed E-state index contributed by atoms with van der Waals surface area (Å²) in [6.07, 6.45) is 4.33. The molecule has 1 amide bonds. The molecule has 1 aromatic heterocycles. The number of carbonyl (C=O) groups excluding carboxylic acids is 1. The normalized spacial score (nSPS) is 12.4. The second-order valence-electron chi connectivity index (χ2n) is 6.31. The molecule has 5 heteroatoms. The van der Waals surface area contributed by atoms with Gasteiger partial charge in [-0.3, -0.25) is 9.78 Å². The van der Waals surface area contributed by atoms with Gasteiger partial charge in [-0.2, -0.15) is 5.26 Å². The Bertz CT molecular complexity index is 1050. The molecule has 0 saturated heterocycles. The standard InChI is InChI=1S/C22H17N3O2/c1-27-18-4-2-3-17(11-18)22(26)25-10-9-19-20(13-24-14-21(19)25)16-7-5-15(12-23)6-8-16/h2-8,11,13-14H,9-10H2,1H3. The number of rotatable bonds is 3. The van der Waals surface area contributed by atoms with E-state index < -0.39 is 0 Å². The largest absolute Gasteiger partial charge is 0.497 e. The van der Waals surface area contributed by atoms with Gasteiger partial charge in [0.25, 0.3) is 5.91 Å². The number of amides is 1. The summed E-state index contributed by atoms with van der Waals surface area (Å²) in [5, 5.41) is 8.98. The number of fused-ring (bicyclic) bond motifs is 1. The fourth-order valence-corrected chi connectivity index (χ4v) is 3.41. The minimum absolute atomic E-state index is 0.0635. The van der Waals surface area contributed by atoms with Crippen molar-refractivity contribution in [2.24, 2.45) is 0 Å². The zero-order chi connectivity index (χ0) is 18.8. The first kappa shape index (κ1) is 16.8. The molecule has 0 aliphatic carbocycles. The summed E-state index contributed by atoms with van der Waals surface area (Å²) >= 11 is 0. The van der Waals surface area contributed by atoms with E-state index in [0.717, 1.165) is 28.8 Å². The molecule has 2 heterocycles. The molecule has 1 aliphatic heterocycles. The van der Waals surface area contributed by atoms with Crippen molar-refractivity contribution in [3.8, 4) is 22.9 Å². The van der Waals surface area contributed by atoms with Crippen LogP contribution in [0.25, 0.3) is 11.1 Å². The van der Waals surface area contributed by atoms with Gasteiger partial charge in [-0.25, -0.2) is 0 Å². The number of pyridine rings is 1. The van der Waals surface area contributed by atoms with Gasteiger partial charge < -0.3 is 9.64 Å². The molecule has 0 atom stereocenters. The molecule has 5 nitrogen and oxygen atoms in total. The summed E-state index contributed by atoms with van der Waals surface area (Å²) in [6, 6.07) is 16.7. The van der Waals surface area contributed by atoms with E-state index in [1.807, 2.05) is 30.5 Å². The van der Waals surface area contributed by atoms with Crippen LogP contribution in [0.1, 0.15) is 21.5 Å². The Morgan fingerprint density at radius 3 is 2.74 bits per heavy atom. The lowest BCUT2D eigenvalue weighted by molar-refractivity contribution is 0.0989. The van der Waals surface area contributed by atoms with Crippen LogP contribution < -0.4 is 9.64 Å². The molecule has 0 bridgehead atoms. The summed E-state index contributed by atoms with van der Waals surface area (Å²) < 4.78 is 5.23. The number of nitriles is 1. The third kappa shape index (κ3) is 3.02. The lowest BCUT2D eigenvalue weighted by Gasteiger charge is -2.18. The Morgan fingerprint density at radius 1 is 1.19 bits per heavy atom. The van der Waals surface area contributed by atoms with Gasteiger partial charge >= 0.3 is 0 Å². The van der Waals surface area contributed by atoms with E-state index >= 15 is 0 Å². The third-order valence-electron chi connectivity index (χ3n) is 4.80. The Kier molecular flexibility index (Phi) is 4.31. The predicted octanol–water partition coefficient (Wildman–Crippen LogP) is 3.83. The summed E-state index contributed by atoms with van der Waals surface area (Å²) in [6.45, 7) is 0.611. The van der Waals surface area contributed by atoms with Crippen LogP contribution >= 0.6 is 0 Å². The fraction of sp³-hybridized carbons (Fsp3) is 0.136. The topological polar surface area (TPSA) is 66.2 Å². The zero-order valence-electron chi connectivity index (χ0n) is 14.8. The van der Waals surface area contributed by atoms with E-state index in [9.17, 15) is 4.79 Å². The number of hydrogen-bond donors (Lipinski definition) is 0. The first-order valence-electron chi connectivity index (χ1n) is 8.64. The van der Waals surface area contributed by atoms with E-state index in [-0.39, 0.29) is 5.91 Å². The van der Waals surface area contributed by atoms with Crippen molar-refractivity contribution in [1.29, 1.82) is 5.26 Å². The molecule has 3 aromatic rings. The number of nitrogens with zero attached hydrogens (tertiary/aromatic N) is 3. The maximum absolute atomic E-state index is 13.0. The van der Waals surface area contributed by atoms with Crippen LogP contribution in [0.15, 0.2) is 60.9 Å². The van der Waals surface area contributed by atoms with Crippen molar-refractivity contribution in [1.82, 2.24) is 4.98 Å². The van der Waals surface area contributed by atoms with Gasteiger partial charge in [0.15, 0.2) is 0 Å². The van der Waals surface area contributed by atoms with Crippen molar-refractivity contribution in [2.75, 3.05) is 18.6 Å². The van der Waals surface area contributed by atoms with Crippen LogP contribution in [0.4, 0.5) is 5.69 Å². The molecule has 0 fully saturated rings. The van der Waals surface area contributed by atoms with Gasteiger partial charge in [0.1, 0.15) is 5.75 Å². The molecule has 0 radical (unpaired) electrons. The Labute approximate surface area is 157 Å². The molecule has 2 aromatic carbocycles. The van der Waals surface area contributed by atoms with Gasteiger partial charge in [-0.05, 0) is 47.9 Å². The van der Waals surface area contributed by atoms with Gasteiger partial charge in [0.05, 0.1) is 30.6 Å². The summed E-state index contributed by atoms with van der Waals surface area (Å²) in [5.41, 5.74) is 5.14. The van der Waals surface area contributed by atoms with E-state index in [1.165, 1.54) is 0 Å². The molecule has 27 heavy (non-hydrogen) atoms. The predicted molar refractivity (Wildman–Crippen MR) is 103 cm³/mol. The minimum atomic E-state index is -0.0635. The monoisotopic (exact) mass is 355 g/mol. The third-order valence-corrected chi connectivity index (χ3v) is 4.80. The Hall–Kier alpha value is -3.65. The van der Waals surface area contributed by atoms with Crippen molar-refractivity contribution < 1.29 is 9.53 Å². The second kappa shape index (κ2) is 6.93. The molecule has 0 spiro atoms. The van der Waals surface area contributed by atoms with Crippen LogP contribution in [-0.2, 0) is 6.42 Å². The minimum Gasteiger partial charge on any atom is -0.497 e. The molecule has 4 rings (SSSR count). The summed E-state index contributed by atoms with van der Waals surface area (Å²) in [4.78, 5) is 19.1. The molecular formula is C22H17N3O2. The van der Waals surface area contributed by atoms with Gasteiger partial charge in [0, 0.05) is 23.9 Å². The lowest BCUT2D eigenvalue weighted by atomic mass is 9.99. The highest BCUT2D eigenvalue weighted by atomic mass is 16.5. The van der Waals surface area contributed by atoms with Crippen LogP contribution in [0.2, 0.25) is 0 Å². The highest BCUT2D eigenvalue weighted by Crippen LogP contribution is 2.36. The summed E-state index contributed by atoms with van der Waals surface area (Å²) in [5.74, 6) is 0.594. The van der Waals surface area contributed by atoms with E-state index in [4.69, 9.17) is 10.00 Å². The van der Waals surface area contributed by atoms with Crippen LogP contribution in [0.3, 0.4) is 0 Å². The molecule has 0 unspecified atom stereocenters. The fourth-order valence-electron chi connectivity index (χ4n) is 3.41. The SMILES string of the molecule is COc1cccc(C(=O)N2CCc3c(-c4ccc(C#N)cc4)cncc32)c1. The molecule has 1 aliphatic rings. The molecule has 0 saturated carbocycles. The first-order valence-corrected chi connectivity index (χ1v) is 8.64. The summed E-state index contributed by atoms with van der Waals surface area (Å²) in [7, 11) is 1.59. The van der Waals surface area contributed by atoms with Gasteiger partial charge in [-0.1, -0.05) is 18.2 Å². The first-order chi connectivity index (χ1) is 13.2. The van der Waals surface area contributed by atoms with Crippen LogP contribution in [0, 0.1) is 11.3 Å². The van der Waals surface area contributed by atoms with Gasteiger partial charge in [0.2, 0.25) is 0 Å². The number of carbonyl (C=O) groups is 1. The number of aromatic nitrogens is 1. The average molecular weight is 355 g/mol. The molecule has 0 N–H and O–H groups in total. The number of methoxy groups -OCH3 is 1. The lowest BCUT2D eigenvalue weighted by Crippen LogP contribution is -2.28. The number of anilines is 1. The Morgan fingerprint density at radius 2 is 2.00 bits per heavy atom. The van der Waals surface area contributed by atoms with E-state index in [0.29, 0.717) is 23.4 Å². The number of ether oxygens (including phenoxy) is 1. The zero-order valence-corrected chi connectivity index (χ0v) is 14.8. The quantitative estimate of drug-likeness (QED) is 0.716. The maximum atomic E-state index is 13.0. The van der Waals surface area contributed by atoms with Crippen molar-refractivity contribution >= 4 is 11.6 Å². The smallest absolute Gasteiger partial charge is 0.258 e. The average Bonchev–Trinajstić information content (AvgIpc) is 3.17. The second-order valence-corrected chi connectivity index (χ2v) is 6.31. The van der Waals surface area contributed by atoms with E-state index in [1.54, 1.807) is 42.5 Å². The number of hydrogen-bond acceptors (Lipinski definition) is 4. The van der Waals surface area contributed by atoms with Crippen LogP contribution in [0.5, 0.6) is 5.75 Å². The van der Waals surface area contributed by atoms with Gasteiger partial charge in [-0.15, -0.1) is 0 Å².